The highest BCUT2D eigenvalue weighted by Gasteiger charge is 2.45. The zero-order valence-electron chi connectivity index (χ0n) is 33.0. The van der Waals surface area contributed by atoms with Crippen LogP contribution in [0.2, 0.25) is 0 Å². The first kappa shape index (κ1) is 33.8. The first-order valence-electron chi connectivity index (χ1n) is 20.7. The molecule has 2 aliphatic rings. The van der Waals surface area contributed by atoms with E-state index < -0.39 is 0 Å². The van der Waals surface area contributed by atoms with Gasteiger partial charge >= 0.3 is 0 Å². The number of nitrogens with zero attached hydrogens (tertiary/aromatic N) is 2. The van der Waals surface area contributed by atoms with Crippen LogP contribution in [0.4, 0.5) is 0 Å². The van der Waals surface area contributed by atoms with Crippen molar-refractivity contribution in [1.29, 1.82) is 0 Å². The molecule has 0 saturated heterocycles. The molecule has 0 aliphatic heterocycles. The van der Waals surface area contributed by atoms with Crippen LogP contribution in [0.3, 0.4) is 0 Å². The maximum atomic E-state index is 5.16. The lowest BCUT2D eigenvalue weighted by Crippen LogP contribution is -2.17. The number of aromatic nitrogens is 2. The summed E-state index contributed by atoms with van der Waals surface area (Å²) in [5.74, 6) is 0.108. The molecule has 0 fully saturated rings. The number of hydrogen-bond donors (Lipinski definition) is 0. The van der Waals surface area contributed by atoms with Gasteiger partial charge in [0.15, 0.2) is 0 Å². The van der Waals surface area contributed by atoms with Crippen molar-refractivity contribution in [3.63, 3.8) is 0 Å². The lowest BCUT2D eigenvalue weighted by Gasteiger charge is -2.25. The van der Waals surface area contributed by atoms with Gasteiger partial charge in [-0.1, -0.05) is 184 Å². The van der Waals surface area contributed by atoms with E-state index in [0.717, 1.165) is 39.3 Å². The van der Waals surface area contributed by atoms with Crippen molar-refractivity contribution in [2.24, 2.45) is 0 Å². The highest BCUT2D eigenvalue weighted by molar-refractivity contribution is 6.20. The predicted octanol–water partition coefficient (Wildman–Crippen LogP) is 14.6. The van der Waals surface area contributed by atoms with E-state index in [4.69, 9.17) is 4.98 Å². The van der Waals surface area contributed by atoms with Crippen LogP contribution in [0.15, 0.2) is 200 Å². The van der Waals surface area contributed by atoms with E-state index in [2.05, 4.69) is 219 Å². The van der Waals surface area contributed by atoms with E-state index in [1.165, 1.54) is 71.9 Å². The second-order valence-electron chi connectivity index (χ2n) is 16.6. The number of para-hydroxylation sites is 1. The van der Waals surface area contributed by atoms with Crippen LogP contribution in [-0.2, 0) is 5.41 Å². The van der Waals surface area contributed by atoms with E-state index in [1.54, 1.807) is 0 Å². The maximum absolute atomic E-state index is 5.16. The average Bonchev–Trinajstić information content (AvgIpc) is 3.90. The molecule has 0 saturated carbocycles. The van der Waals surface area contributed by atoms with Crippen molar-refractivity contribution in [3.8, 4) is 61.6 Å². The zero-order valence-corrected chi connectivity index (χ0v) is 33.0. The van der Waals surface area contributed by atoms with Gasteiger partial charge in [0.05, 0.1) is 22.4 Å². The van der Waals surface area contributed by atoms with Crippen molar-refractivity contribution in [3.05, 3.63) is 228 Å². The molecule has 2 aliphatic carbocycles. The first-order valence-corrected chi connectivity index (χ1v) is 20.7. The smallest absolute Gasteiger partial charge is 0.0715 e. The number of pyridine rings is 1. The Morgan fingerprint density at radius 2 is 1.07 bits per heavy atom. The van der Waals surface area contributed by atoms with Gasteiger partial charge in [0.2, 0.25) is 0 Å². The van der Waals surface area contributed by atoms with Crippen molar-refractivity contribution >= 4 is 21.8 Å². The van der Waals surface area contributed by atoms with Gasteiger partial charge in [-0.3, -0.25) is 0 Å². The second kappa shape index (κ2) is 12.9. The van der Waals surface area contributed by atoms with E-state index >= 15 is 0 Å². The lowest BCUT2D eigenvalue weighted by atomic mass is 9.79. The summed E-state index contributed by atoms with van der Waals surface area (Å²) < 4.78 is 2.57. The maximum Gasteiger partial charge on any atom is 0.0715 e. The van der Waals surface area contributed by atoms with Gasteiger partial charge in [-0.05, 0) is 91.5 Å². The topological polar surface area (TPSA) is 17.8 Å². The van der Waals surface area contributed by atoms with Crippen LogP contribution in [-0.4, -0.2) is 9.55 Å². The Balaban J connectivity index is 1.14. The fourth-order valence-electron chi connectivity index (χ4n) is 10.5. The van der Waals surface area contributed by atoms with Crippen LogP contribution in [0, 0.1) is 0 Å². The molecule has 0 amide bonds. The fourth-order valence-corrected chi connectivity index (χ4v) is 10.5. The Labute approximate surface area is 344 Å². The number of hydrogen-bond acceptors (Lipinski definition) is 1. The molecule has 8 aromatic carbocycles. The van der Waals surface area contributed by atoms with Crippen LogP contribution in [0.25, 0.3) is 83.4 Å². The minimum absolute atomic E-state index is 0.108. The predicted molar refractivity (Wildman–Crippen MR) is 245 cm³/mol. The fraction of sp³-hybridized carbons (Fsp3) is 0.0702. The molecule has 278 valence electrons. The normalized spacial score (nSPS) is 14.6. The SMILES string of the molecule is CC1(C)c2ccccc2-c2c3c(c4c5ccccc5n(-c5ccc(-c6cc(-c7ccccc7)nc(-c7ccccc7)c6)cc5)c4c21)C(c1ccccc1)c1ccccc1-3. The van der Waals surface area contributed by atoms with Gasteiger partial charge in [-0.25, -0.2) is 4.98 Å². The molecule has 0 radical (unpaired) electrons. The summed E-state index contributed by atoms with van der Waals surface area (Å²) in [6.07, 6.45) is 0. The molecule has 2 aromatic heterocycles. The molecule has 59 heavy (non-hydrogen) atoms. The highest BCUT2D eigenvalue weighted by Crippen LogP contribution is 2.63. The Hall–Kier alpha value is -7.29. The highest BCUT2D eigenvalue weighted by atomic mass is 15.0. The quantitative estimate of drug-likeness (QED) is 0.171. The van der Waals surface area contributed by atoms with Gasteiger partial charge in [-0.2, -0.15) is 0 Å². The Morgan fingerprint density at radius 1 is 0.492 bits per heavy atom. The molecule has 2 heteroatoms. The Kier molecular flexibility index (Phi) is 7.37. The van der Waals surface area contributed by atoms with E-state index in [9.17, 15) is 0 Å². The molecule has 0 spiro atoms. The number of fused-ring (bicyclic) bond motifs is 12. The standard InChI is InChI=1S/C57H40N2/c1-57(2)46-28-16-14-26-44(46)52-51-43-25-13-12-24-42(43)50(39-22-10-5-11-23-39)54(51)53-45-27-15-17-29-49(45)59(56(53)55(52)57)41-32-30-36(31-33-41)40-34-47(37-18-6-3-7-19-37)58-48(35-40)38-20-8-4-9-21-38/h3-35,50H,1-2H3. The number of benzene rings is 8. The third-order valence-electron chi connectivity index (χ3n) is 13.0. The van der Waals surface area contributed by atoms with E-state index in [0.29, 0.717) is 0 Å². The van der Waals surface area contributed by atoms with Crippen LogP contribution in [0.1, 0.15) is 47.6 Å². The van der Waals surface area contributed by atoms with E-state index in [-0.39, 0.29) is 11.3 Å². The zero-order chi connectivity index (χ0) is 39.2. The molecular weight excluding hydrogens is 713 g/mol. The molecule has 0 bridgehead atoms. The minimum atomic E-state index is -0.232. The molecular formula is C57H40N2. The van der Waals surface area contributed by atoms with Gasteiger partial charge in [0.25, 0.3) is 0 Å². The molecule has 1 unspecified atom stereocenters. The largest absolute Gasteiger partial charge is 0.309 e. The molecule has 2 nitrogen and oxygen atoms in total. The van der Waals surface area contributed by atoms with Crippen LogP contribution >= 0.6 is 0 Å². The van der Waals surface area contributed by atoms with Crippen molar-refractivity contribution in [2.75, 3.05) is 0 Å². The molecule has 1 atom stereocenters. The molecule has 10 aromatic rings. The van der Waals surface area contributed by atoms with Gasteiger partial charge in [0.1, 0.15) is 0 Å². The monoisotopic (exact) mass is 752 g/mol. The van der Waals surface area contributed by atoms with E-state index in [1.807, 2.05) is 0 Å². The van der Waals surface area contributed by atoms with Crippen molar-refractivity contribution in [1.82, 2.24) is 9.55 Å². The third kappa shape index (κ3) is 4.96. The van der Waals surface area contributed by atoms with Crippen molar-refractivity contribution in [2.45, 2.75) is 25.2 Å². The lowest BCUT2D eigenvalue weighted by molar-refractivity contribution is 0.664. The van der Waals surface area contributed by atoms with Gasteiger partial charge in [-0.15, -0.1) is 0 Å². The third-order valence-corrected chi connectivity index (χ3v) is 13.0. The van der Waals surface area contributed by atoms with Crippen LogP contribution < -0.4 is 0 Å². The second-order valence-corrected chi connectivity index (χ2v) is 16.6. The summed E-state index contributed by atoms with van der Waals surface area (Å²) in [4.78, 5) is 5.16. The number of rotatable bonds is 5. The minimum Gasteiger partial charge on any atom is -0.309 e. The van der Waals surface area contributed by atoms with Gasteiger partial charge < -0.3 is 4.57 Å². The van der Waals surface area contributed by atoms with Crippen LogP contribution in [0.5, 0.6) is 0 Å². The summed E-state index contributed by atoms with van der Waals surface area (Å²) >= 11 is 0. The molecule has 12 rings (SSSR count). The summed E-state index contributed by atoms with van der Waals surface area (Å²) in [5, 5.41) is 2.65. The molecule has 0 N–H and O–H groups in total. The average molecular weight is 753 g/mol. The summed E-state index contributed by atoms with van der Waals surface area (Å²) in [5.41, 5.74) is 22.3. The summed E-state index contributed by atoms with van der Waals surface area (Å²) in [7, 11) is 0. The van der Waals surface area contributed by atoms with Gasteiger partial charge in [0, 0.05) is 38.9 Å². The summed E-state index contributed by atoms with van der Waals surface area (Å²) in [6.45, 7) is 4.87. The first-order chi connectivity index (χ1) is 29.1. The Bertz CT molecular complexity index is 3210. The Morgan fingerprint density at radius 3 is 1.76 bits per heavy atom. The van der Waals surface area contributed by atoms with Crippen molar-refractivity contribution < 1.29 is 0 Å². The summed E-state index contributed by atoms with van der Waals surface area (Å²) in [6, 6.07) is 73.2. The molecule has 2 heterocycles.